The van der Waals surface area contributed by atoms with Crippen molar-refractivity contribution in [2.75, 3.05) is 0 Å². The number of rotatable bonds is 4. The third-order valence-corrected chi connectivity index (χ3v) is 6.26. The van der Waals surface area contributed by atoms with Gasteiger partial charge in [0, 0.05) is 5.92 Å². The van der Waals surface area contributed by atoms with E-state index >= 15 is 0 Å². The van der Waals surface area contributed by atoms with E-state index in [9.17, 15) is 4.79 Å². The minimum Gasteiger partial charge on any atom is -0.459 e. The lowest BCUT2D eigenvalue weighted by Crippen LogP contribution is -2.47. The Labute approximate surface area is 131 Å². The van der Waals surface area contributed by atoms with Crippen molar-refractivity contribution in [1.82, 2.24) is 0 Å². The van der Waals surface area contributed by atoms with Crippen LogP contribution in [0.25, 0.3) is 0 Å². The predicted molar refractivity (Wildman–Crippen MR) is 87.0 cm³/mol. The molecule has 0 aromatic carbocycles. The molecule has 0 N–H and O–H groups in total. The van der Waals surface area contributed by atoms with Crippen LogP contribution < -0.4 is 0 Å². The Kier molecular flexibility index (Phi) is 5.05. The second kappa shape index (κ2) is 6.30. The third-order valence-electron chi connectivity index (χ3n) is 6.26. The Hall–Kier alpha value is -0.530. The zero-order valence-corrected chi connectivity index (χ0v) is 14.7. The summed E-state index contributed by atoms with van der Waals surface area (Å²) >= 11 is 0. The lowest BCUT2D eigenvalue weighted by Gasteiger charge is -2.48. The summed E-state index contributed by atoms with van der Waals surface area (Å²) in [5, 5.41) is 0. The first-order valence-corrected chi connectivity index (χ1v) is 9.01. The van der Waals surface area contributed by atoms with E-state index in [1.807, 2.05) is 13.8 Å². The summed E-state index contributed by atoms with van der Waals surface area (Å²) < 4.78 is 6.04. The molecule has 2 fully saturated rings. The molecule has 0 aromatic rings. The Bertz CT molecular complexity index is 368. The summed E-state index contributed by atoms with van der Waals surface area (Å²) in [6.45, 7) is 10.4. The van der Waals surface area contributed by atoms with Gasteiger partial charge in [-0.15, -0.1) is 0 Å². The van der Waals surface area contributed by atoms with Crippen LogP contribution in [0.3, 0.4) is 0 Å². The van der Waals surface area contributed by atoms with Gasteiger partial charge in [-0.3, -0.25) is 4.79 Å². The van der Waals surface area contributed by atoms with Crippen molar-refractivity contribution in [3.8, 4) is 0 Å². The summed E-state index contributed by atoms with van der Waals surface area (Å²) in [6.07, 6.45) is 10.3. The van der Waals surface area contributed by atoms with Crippen LogP contribution in [0.2, 0.25) is 0 Å². The molecule has 3 atom stereocenters. The minimum atomic E-state index is -0.363. The van der Waals surface area contributed by atoms with Gasteiger partial charge in [0.2, 0.25) is 0 Å². The molecular formula is C19H34O2. The van der Waals surface area contributed by atoms with Gasteiger partial charge in [0.1, 0.15) is 5.60 Å². The van der Waals surface area contributed by atoms with Crippen LogP contribution >= 0.6 is 0 Å². The highest BCUT2D eigenvalue weighted by molar-refractivity contribution is 5.76. The summed E-state index contributed by atoms with van der Waals surface area (Å²) in [5.41, 5.74) is -0.678. The minimum absolute atomic E-state index is 0.0204. The van der Waals surface area contributed by atoms with Gasteiger partial charge in [-0.2, -0.15) is 0 Å². The molecule has 2 aliphatic rings. The number of ether oxygens (including phenoxy) is 1. The van der Waals surface area contributed by atoms with E-state index in [4.69, 9.17) is 4.74 Å². The zero-order chi connectivity index (χ0) is 15.7. The van der Waals surface area contributed by atoms with E-state index in [2.05, 4.69) is 20.8 Å². The smallest absolute Gasteiger partial charge is 0.312 e. The first-order valence-electron chi connectivity index (χ1n) is 9.01. The van der Waals surface area contributed by atoms with Gasteiger partial charge >= 0.3 is 5.97 Å². The fourth-order valence-corrected chi connectivity index (χ4v) is 4.40. The molecule has 0 saturated heterocycles. The largest absolute Gasteiger partial charge is 0.459 e. The maximum absolute atomic E-state index is 12.5. The molecule has 0 bridgehead atoms. The van der Waals surface area contributed by atoms with Crippen LogP contribution in [0.4, 0.5) is 0 Å². The van der Waals surface area contributed by atoms with Crippen LogP contribution in [0, 0.1) is 23.2 Å². The lowest BCUT2D eigenvalue weighted by atomic mass is 9.61. The molecule has 2 rings (SSSR count). The number of hydrogen-bond acceptors (Lipinski definition) is 2. The predicted octanol–water partition coefficient (Wildman–Crippen LogP) is 5.35. The van der Waals surface area contributed by atoms with Crippen molar-refractivity contribution in [2.45, 2.75) is 91.6 Å². The lowest BCUT2D eigenvalue weighted by molar-refractivity contribution is -0.178. The molecule has 0 radical (unpaired) electrons. The van der Waals surface area contributed by atoms with Gasteiger partial charge in [-0.25, -0.2) is 0 Å². The molecule has 2 aliphatic carbocycles. The monoisotopic (exact) mass is 294 g/mol. The van der Waals surface area contributed by atoms with E-state index < -0.39 is 0 Å². The normalized spacial score (nSPS) is 30.6. The van der Waals surface area contributed by atoms with E-state index in [0.717, 1.165) is 18.3 Å². The average Bonchev–Trinajstić information content (AvgIpc) is 2.46. The fraction of sp³-hybridized carbons (Fsp3) is 0.947. The van der Waals surface area contributed by atoms with Crippen molar-refractivity contribution in [2.24, 2.45) is 23.2 Å². The van der Waals surface area contributed by atoms with Crippen LogP contribution in [-0.4, -0.2) is 11.6 Å². The number of fused-ring (bicyclic) bond motifs is 1. The Balaban J connectivity index is 2.08. The molecule has 122 valence electrons. The molecule has 0 spiro atoms. The van der Waals surface area contributed by atoms with Gasteiger partial charge in [-0.1, -0.05) is 39.0 Å². The molecule has 21 heavy (non-hydrogen) atoms. The Morgan fingerprint density at radius 3 is 2.29 bits per heavy atom. The molecule has 0 aromatic heterocycles. The quantitative estimate of drug-likeness (QED) is 0.653. The van der Waals surface area contributed by atoms with Crippen molar-refractivity contribution >= 4 is 5.97 Å². The van der Waals surface area contributed by atoms with Crippen molar-refractivity contribution in [3.05, 3.63) is 0 Å². The van der Waals surface area contributed by atoms with Gasteiger partial charge in [-0.05, 0) is 58.8 Å². The zero-order valence-electron chi connectivity index (χ0n) is 14.7. The molecule has 2 heteroatoms. The first-order chi connectivity index (χ1) is 9.78. The topological polar surface area (TPSA) is 26.3 Å². The Morgan fingerprint density at radius 2 is 1.62 bits per heavy atom. The van der Waals surface area contributed by atoms with Gasteiger partial charge in [0.05, 0.1) is 5.41 Å². The van der Waals surface area contributed by atoms with Gasteiger partial charge < -0.3 is 4.74 Å². The highest BCUT2D eigenvalue weighted by Gasteiger charge is 2.45. The number of hydrogen-bond donors (Lipinski definition) is 0. The van der Waals surface area contributed by atoms with Crippen LogP contribution in [-0.2, 0) is 9.53 Å². The van der Waals surface area contributed by atoms with Gasteiger partial charge in [0.15, 0.2) is 0 Å². The van der Waals surface area contributed by atoms with E-state index in [-0.39, 0.29) is 17.0 Å². The van der Waals surface area contributed by atoms with Gasteiger partial charge in [0.25, 0.3) is 0 Å². The van der Waals surface area contributed by atoms with Crippen molar-refractivity contribution in [1.29, 1.82) is 0 Å². The molecular weight excluding hydrogens is 260 g/mol. The van der Waals surface area contributed by atoms with Crippen LogP contribution in [0.15, 0.2) is 0 Å². The molecule has 0 heterocycles. The van der Waals surface area contributed by atoms with E-state index in [1.165, 1.54) is 44.9 Å². The SMILES string of the molecule is CCC(C)(C)C(=O)OC(C)(C)C1CCCC2CCCCC21. The molecule has 2 nitrogen and oxygen atoms in total. The molecule has 3 unspecified atom stereocenters. The summed E-state index contributed by atoms with van der Waals surface area (Å²) in [6, 6.07) is 0. The van der Waals surface area contributed by atoms with Crippen molar-refractivity contribution < 1.29 is 9.53 Å². The third kappa shape index (κ3) is 3.63. The van der Waals surface area contributed by atoms with Crippen LogP contribution in [0.1, 0.15) is 86.0 Å². The second-order valence-corrected chi connectivity index (χ2v) is 8.48. The van der Waals surface area contributed by atoms with Crippen LogP contribution in [0.5, 0.6) is 0 Å². The molecule has 0 aliphatic heterocycles. The first kappa shape index (κ1) is 16.8. The summed E-state index contributed by atoms with van der Waals surface area (Å²) in [4.78, 5) is 12.5. The summed E-state index contributed by atoms with van der Waals surface area (Å²) in [7, 11) is 0. The number of carbonyl (C=O) groups is 1. The summed E-state index contributed by atoms with van der Waals surface area (Å²) in [5.74, 6) is 2.19. The number of esters is 1. The second-order valence-electron chi connectivity index (χ2n) is 8.48. The van der Waals surface area contributed by atoms with E-state index in [0.29, 0.717) is 5.92 Å². The number of carbonyl (C=O) groups excluding carboxylic acids is 1. The maximum Gasteiger partial charge on any atom is 0.312 e. The average molecular weight is 294 g/mol. The van der Waals surface area contributed by atoms with Crippen molar-refractivity contribution in [3.63, 3.8) is 0 Å². The highest BCUT2D eigenvalue weighted by atomic mass is 16.6. The standard InChI is InChI=1S/C19H34O2/c1-6-18(2,3)17(20)21-19(4,5)16-13-9-11-14-10-7-8-12-15(14)16/h14-16H,6-13H2,1-5H3. The van der Waals surface area contributed by atoms with E-state index in [1.54, 1.807) is 0 Å². The maximum atomic E-state index is 12.5. The fourth-order valence-electron chi connectivity index (χ4n) is 4.40. The molecule has 2 saturated carbocycles. The molecule has 0 amide bonds. The highest BCUT2D eigenvalue weighted by Crippen LogP contribution is 2.48. The Morgan fingerprint density at radius 1 is 1.00 bits per heavy atom.